The molecule has 0 amide bonds. The maximum absolute atomic E-state index is 11.1. The Morgan fingerprint density at radius 2 is 2.58 bits per heavy atom. The van der Waals surface area contributed by atoms with E-state index in [-0.39, 0.29) is 5.97 Å². The van der Waals surface area contributed by atoms with Gasteiger partial charge in [-0.3, -0.25) is 0 Å². The predicted octanol–water partition coefficient (Wildman–Crippen LogP) is 1.31. The van der Waals surface area contributed by atoms with Crippen molar-refractivity contribution in [1.82, 2.24) is 0 Å². The molecule has 1 aromatic heterocycles. The molecular weight excluding hydrogens is 174 g/mol. The molecule has 1 rings (SSSR count). The second kappa shape index (κ2) is 4.23. The first-order valence-electron chi connectivity index (χ1n) is 3.71. The highest BCUT2D eigenvalue weighted by molar-refractivity contribution is 7.10. The van der Waals surface area contributed by atoms with E-state index < -0.39 is 6.04 Å². The van der Waals surface area contributed by atoms with Gasteiger partial charge in [0, 0.05) is 4.88 Å². The standard InChI is InChI=1S/C8H11NO2S/c1-2-11-8(10)7(9)6-4-3-5-12-6/h3-5,7H,2,9H2,1H3/t7-/m1/s1. The number of carbonyl (C=O) groups excluding carboxylic acids is 1. The topological polar surface area (TPSA) is 52.3 Å². The number of ether oxygens (including phenoxy) is 1. The van der Waals surface area contributed by atoms with E-state index in [9.17, 15) is 4.79 Å². The van der Waals surface area contributed by atoms with Crippen molar-refractivity contribution < 1.29 is 9.53 Å². The second-order valence-corrected chi connectivity index (χ2v) is 3.22. The molecule has 12 heavy (non-hydrogen) atoms. The Kier molecular flexibility index (Phi) is 3.25. The van der Waals surface area contributed by atoms with Gasteiger partial charge in [-0.2, -0.15) is 0 Å². The van der Waals surface area contributed by atoms with Crippen molar-refractivity contribution in [2.45, 2.75) is 13.0 Å². The molecule has 1 atom stereocenters. The molecule has 1 heterocycles. The number of carbonyl (C=O) groups is 1. The summed E-state index contributed by atoms with van der Waals surface area (Å²) in [5.74, 6) is -0.361. The fourth-order valence-corrected chi connectivity index (χ4v) is 1.53. The number of esters is 1. The molecule has 0 saturated heterocycles. The predicted molar refractivity (Wildman–Crippen MR) is 47.9 cm³/mol. The molecule has 66 valence electrons. The fourth-order valence-electron chi connectivity index (χ4n) is 0.816. The highest BCUT2D eigenvalue weighted by Crippen LogP contribution is 2.17. The third kappa shape index (κ3) is 2.06. The fraction of sp³-hybridized carbons (Fsp3) is 0.375. The van der Waals surface area contributed by atoms with E-state index >= 15 is 0 Å². The normalized spacial score (nSPS) is 12.5. The van der Waals surface area contributed by atoms with Crippen LogP contribution in [0.15, 0.2) is 17.5 Å². The van der Waals surface area contributed by atoms with Crippen LogP contribution in [0.2, 0.25) is 0 Å². The second-order valence-electron chi connectivity index (χ2n) is 2.25. The average molecular weight is 185 g/mol. The SMILES string of the molecule is CCOC(=O)[C@H](N)c1cccs1. The van der Waals surface area contributed by atoms with Crippen LogP contribution >= 0.6 is 11.3 Å². The van der Waals surface area contributed by atoms with Gasteiger partial charge in [0.1, 0.15) is 6.04 Å². The molecule has 1 aromatic rings. The van der Waals surface area contributed by atoms with Gasteiger partial charge in [0.2, 0.25) is 0 Å². The van der Waals surface area contributed by atoms with E-state index in [4.69, 9.17) is 10.5 Å². The molecular formula is C8H11NO2S. The maximum Gasteiger partial charge on any atom is 0.328 e. The minimum absolute atomic E-state index is 0.361. The average Bonchev–Trinajstić information content (AvgIpc) is 2.55. The lowest BCUT2D eigenvalue weighted by atomic mass is 10.2. The Labute approximate surface area is 75.1 Å². The Hall–Kier alpha value is -0.870. The molecule has 0 spiro atoms. The molecule has 3 nitrogen and oxygen atoms in total. The Balaban J connectivity index is 2.59. The molecule has 0 aliphatic rings. The molecule has 0 unspecified atom stereocenters. The van der Waals surface area contributed by atoms with Crippen molar-refractivity contribution in [1.29, 1.82) is 0 Å². The minimum Gasteiger partial charge on any atom is -0.465 e. The van der Waals surface area contributed by atoms with Crippen molar-refractivity contribution in [2.75, 3.05) is 6.61 Å². The summed E-state index contributed by atoms with van der Waals surface area (Å²) in [6.45, 7) is 2.14. The number of hydrogen-bond acceptors (Lipinski definition) is 4. The Bertz CT molecular complexity index is 246. The highest BCUT2D eigenvalue weighted by atomic mass is 32.1. The van der Waals surface area contributed by atoms with E-state index in [0.29, 0.717) is 6.61 Å². The van der Waals surface area contributed by atoms with Crippen LogP contribution in [0.5, 0.6) is 0 Å². The molecule has 4 heteroatoms. The summed E-state index contributed by atoms with van der Waals surface area (Å²) in [5, 5.41) is 1.88. The Morgan fingerprint density at radius 1 is 1.83 bits per heavy atom. The smallest absolute Gasteiger partial charge is 0.328 e. The summed E-state index contributed by atoms with van der Waals surface area (Å²) in [7, 11) is 0. The summed E-state index contributed by atoms with van der Waals surface area (Å²) >= 11 is 1.46. The zero-order valence-corrected chi connectivity index (χ0v) is 7.64. The molecule has 0 bridgehead atoms. The largest absolute Gasteiger partial charge is 0.465 e. The van der Waals surface area contributed by atoms with Gasteiger partial charge in [0.15, 0.2) is 0 Å². The van der Waals surface area contributed by atoms with Crippen LogP contribution in [0, 0.1) is 0 Å². The van der Waals surface area contributed by atoms with Crippen LogP contribution in [-0.4, -0.2) is 12.6 Å². The number of nitrogens with two attached hydrogens (primary N) is 1. The quantitative estimate of drug-likeness (QED) is 0.722. The van der Waals surface area contributed by atoms with Crippen LogP contribution in [0.4, 0.5) is 0 Å². The molecule has 0 radical (unpaired) electrons. The van der Waals surface area contributed by atoms with E-state index in [1.54, 1.807) is 6.92 Å². The molecule has 0 fully saturated rings. The first kappa shape index (κ1) is 9.22. The molecule has 0 saturated carbocycles. The van der Waals surface area contributed by atoms with Crippen LogP contribution in [0.25, 0.3) is 0 Å². The molecule has 0 aliphatic carbocycles. The van der Waals surface area contributed by atoms with Crippen molar-refractivity contribution >= 4 is 17.3 Å². The van der Waals surface area contributed by atoms with E-state index in [1.165, 1.54) is 11.3 Å². The summed E-state index contributed by atoms with van der Waals surface area (Å²) < 4.78 is 4.77. The van der Waals surface area contributed by atoms with Crippen LogP contribution in [0.3, 0.4) is 0 Å². The number of thiophene rings is 1. The molecule has 0 aliphatic heterocycles. The van der Waals surface area contributed by atoms with Crippen molar-refractivity contribution in [2.24, 2.45) is 5.73 Å². The minimum atomic E-state index is -0.620. The number of rotatable bonds is 3. The van der Waals surface area contributed by atoms with Crippen molar-refractivity contribution in [3.05, 3.63) is 22.4 Å². The molecule has 0 aromatic carbocycles. The lowest BCUT2D eigenvalue weighted by Gasteiger charge is -2.07. The zero-order valence-electron chi connectivity index (χ0n) is 6.82. The summed E-state index contributed by atoms with van der Waals surface area (Å²) in [5.41, 5.74) is 5.60. The van der Waals surface area contributed by atoms with Gasteiger partial charge >= 0.3 is 5.97 Å². The highest BCUT2D eigenvalue weighted by Gasteiger charge is 2.16. The van der Waals surface area contributed by atoms with Crippen LogP contribution in [-0.2, 0) is 9.53 Å². The molecule has 2 N–H and O–H groups in total. The lowest BCUT2D eigenvalue weighted by Crippen LogP contribution is -2.22. The third-order valence-corrected chi connectivity index (χ3v) is 2.35. The van der Waals surface area contributed by atoms with Gasteiger partial charge in [0.25, 0.3) is 0 Å². The third-order valence-electron chi connectivity index (χ3n) is 1.39. The van der Waals surface area contributed by atoms with E-state index in [2.05, 4.69) is 0 Å². The Morgan fingerprint density at radius 3 is 3.08 bits per heavy atom. The van der Waals surface area contributed by atoms with Crippen molar-refractivity contribution in [3.8, 4) is 0 Å². The van der Waals surface area contributed by atoms with Gasteiger partial charge in [0.05, 0.1) is 6.61 Å². The summed E-state index contributed by atoms with van der Waals surface area (Å²) in [6, 6.07) is 3.07. The summed E-state index contributed by atoms with van der Waals surface area (Å²) in [4.78, 5) is 11.9. The van der Waals surface area contributed by atoms with Gasteiger partial charge in [-0.25, -0.2) is 4.79 Å². The first-order chi connectivity index (χ1) is 5.75. The van der Waals surface area contributed by atoms with Crippen LogP contribution < -0.4 is 5.73 Å². The number of hydrogen-bond donors (Lipinski definition) is 1. The van der Waals surface area contributed by atoms with Gasteiger partial charge in [-0.15, -0.1) is 11.3 Å². The van der Waals surface area contributed by atoms with E-state index in [0.717, 1.165) is 4.88 Å². The lowest BCUT2D eigenvalue weighted by molar-refractivity contribution is -0.144. The first-order valence-corrected chi connectivity index (χ1v) is 4.59. The van der Waals surface area contributed by atoms with Gasteiger partial charge in [-0.1, -0.05) is 6.07 Å². The zero-order chi connectivity index (χ0) is 8.97. The van der Waals surface area contributed by atoms with Gasteiger partial charge in [-0.05, 0) is 18.4 Å². The van der Waals surface area contributed by atoms with Gasteiger partial charge < -0.3 is 10.5 Å². The van der Waals surface area contributed by atoms with Crippen molar-refractivity contribution in [3.63, 3.8) is 0 Å². The monoisotopic (exact) mass is 185 g/mol. The maximum atomic E-state index is 11.1. The van der Waals surface area contributed by atoms with E-state index in [1.807, 2.05) is 17.5 Å². The van der Waals surface area contributed by atoms with Crippen LogP contribution in [0.1, 0.15) is 17.8 Å². The summed E-state index contributed by atoms with van der Waals surface area (Å²) in [6.07, 6.45) is 0.